The van der Waals surface area contributed by atoms with Crippen LogP contribution in [0.5, 0.6) is 0 Å². The Bertz CT molecular complexity index is 767. The van der Waals surface area contributed by atoms with Crippen molar-refractivity contribution in [1.29, 1.82) is 0 Å². The van der Waals surface area contributed by atoms with Crippen LogP contribution in [-0.2, 0) is 5.41 Å². The SMILES string of the molecule is CN=C/C=C\Nc1cc2c(cc1C)C(C)(C)c1ccccc1-2. The highest BCUT2D eigenvalue weighted by atomic mass is 14.8. The topological polar surface area (TPSA) is 24.4 Å². The molecular formula is C20H22N2. The number of hydrogen-bond acceptors (Lipinski definition) is 2. The Kier molecular flexibility index (Phi) is 3.61. The molecule has 2 nitrogen and oxygen atoms in total. The van der Waals surface area contributed by atoms with Crippen molar-refractivity contribution < 1.29 is 0 Å². The van der Waals surface area contributed by atoms with Crippen LogP contribution >= 0.6 is 0 Å². The molecule has 0 atom stereocenters. The van der Waals surface area contributed by atoms with Gasteiger partial charge in [0.25, 0.3) is 0 Å². The average molecular weight is 290 g/mol. The molecule has 2 heteroatoms. The molecule has 0 bridgehead atoms. The molecule has 0 heterocycles. The van der Waals surface area contributed by atoms with Crippen LogP contribution in [0, 0.1) is 6.92 Å². The maximum absolute atomic E-state index is 3.94. The largest absolute Gasteiger partial charge is 0.361 e. The second-order valence-electron chi connectivity index (χ2n) is 6.29. The van der Waals surface area contributed by atoms with Gasteiger partial charge in [-0.2, -0.15) is 0 Å². The molecular weight excluding hydrogens is 268 g/mol. The molecule has 0 spiro atoms. The fourth-order valence-electron chi connectivity index (χ4n) is 3.28. The lowest BCUT2D eigenvalue weighted by Gasteiger charge is -2.22. The standard InChI is InChI=1S/C20H22N2/c1-14-12-18-16(13-19(14)22-11-7-10-21-4)15-8-5-6-9-17(15)20(18,2)3/h5-13,22H,1-4H3/b11-7-,21-10?. The molecule has 3 rings (SSSR count). The number of benzene rings is 2. The lowest BCUT2D eigenvalue weighted by atomic mass is 9.82. The fraction of sp³-hybridized carbons (Fsp3) is 0.250. The van der Waals surface area contributed by atoms with E-state index < -0.39 is 0 Å². The lowest BCUT2D eigenvalue weighted by Crippen LogP contribution is -2.15. The Labute approximate surface area is 132 Å². The number of allylic oxidation sites excluding steroid dienone is 1. The van der Waals surface area contributed by atoms with E-state index in [4.69, 9.17) is 0 Å². The molecule has 2 aromatic rings. The van der Waals surface area contributed by atoms with Crippen LogP contribution in [0.1, 0.15) is 30.5 Å². The number of anilines is 1. The minimum Gasteiger partial charge on any atom is -0.361 e. The Morgan fingerprint density at radius 3 is 2.59 bits per heavy atom. The molecule has 0 radical (unpaired) electrons. The van der Waals surface area contributed by atoms with Gasteiger partial charge >= 0.3 is 0 Å². The van der Waals surface area contributed by atoms with E-state index in [1.165, 1.54) is 27.8 Å². The minimum absolute atomic E-state index is 0.0694. The number of nitrogens with zero attached hydrogens (tertiary/aromatic N) is 1. The van der Waals surface area contributed by atoms with Gasteiger partial charge in [0, 0.05) is 30.6 Å². The van der Waals surface area contributed by atoms with Crippen LogP contribution in [0.2, 0.25) is 0 Å². The number of hydrogen-bond donors (Lipinski definition) is 1. The highest BCUT2D eigenvalue weighted by molar-refractivity contribution is 5.84. The fourth-order valence-corrected chi connectivity index (χ4v) is 3.28. The summed E-state index contributed by atoms with van der Waals surface area (Å²) in [6.07, 6.45) is 5.60. The molecule has 112 valence electrons. The summed E-state index contributed by atoms with van der Waals surface area (Å²) in [6.45, 7) is 6.77. The number of fused-ring (bicyclic) bond motifs is 3. The predicted molar refractivity (Wildman–Crippen MR) is 95.9 cm³/mol. The van der Waals surface area contributed by atoms with Crippen molar-refractivity contribution in [2.75, 3.05) is 12.4 Å². The van der Waals surface area contributed by atoms with Crippen molar-refractivity contribution >= 4 is 11.9 Å². The Morgan fingerprint density at radius 1 is 1.05 bits per heavy atom. The Hall–Kier alpha value is -2.35. The van der Waals surface area contributed by atoms with Gasteiger partial charge in [-0.1, -0.05) is 44.2 Å². The van der Waals surface area contributed by atoms with Crippen molar-refractivity contribution in [3.63, 3.8) is 0 Å². The number of nitrogens with one attached hydrogen (secondary N) is 1. The van der Waals surface area contributed by atoms with Gasteiger partial charge in [0.15, 0.2) is 0 Å². The predicted octanol–water partition coefficient (Wildman–Crippen LogP) is 4.93. The zero-order valence-corrected chi connectivity index (χ0v) is 13.6. The van der Waals surface area contributed by atoms with Crippen molar-refractivity contribution in [3.05, 3.63) is 65.4 Å². The summed E-state index contributed by atoms with van der Waals surface area (Å²) in [5.41, 5.74) is 7.99. The zero-order valence-electron chi connectivity index (χ0n) is 13.6. The molecule has 1 aliphatic rings. The van der Waals surface area contributed by atoms with Gasteiger partial charge in [0.2, 0.25) is 0 Å². The highest BCUT2D eigenvalue weighted by Crippen LogP contribution is 2.49. The first-order chi connectivity index (χ1) is 10.6. The molecule has 22 heavy (non-hydrogen) atoms. The smallest absolute Gasteiger partial charge is 0.0415 e. The monoisotopic (exact) mass is 290 g/mol. The van der Waals surface area contributed by atoms with Gasteiger partial charge in [0.05, 0.1) is 0 Å². The van der Waals surface area contributed by atoms with Gasteiger partial charge in [-0.3, -0.25) is 4.99 Å². The van der Waals surface area contributed by atoms with Crippen molar-refractivity contribution in [1.82, 2.24) is 0 Å². The van der Waals surface area contributed by atoms with Crippen LogP contribution < -0.4 is 5.32 Å². The summed E-state index contributed by atoms with van der Waals surface area (Å²) in [6, 6.07) is 13.3. The van der Waals surface area contributed by atoms with Crippen molar-refractivity contribution in [2.45, 2.75) is 26.2 Å². The minimum atomic E-state index is 0.0694. The van der Waals surface area contributed by atoms with E-state index in [9.17, 15) is 0 Å². The van der Waals surface area contributed by atoms with E-state index in [1.807, 2.05) is 12.3 Å². The Morgan fingerprint density at radius 2 is 1.82 bits per heavy atom. The summed E-state index contributed by atoms with van der Waals surface area (Å²) in [7, 11) is 1.77. The van der Waals surface area contributed by atoms with Crippen LogP contribution in [0.25, 0.3) is 11.1 Å². The maximum atomic E-state index is 3.94. The summed E-state index contributed by atoms with van der Waals surface area (Å²) < 4.78 is 0. The highest BCUT2D eigenvalue weighted by Gasteiger charge is 2.35. The molecule has 0 aliphatic heterocycles. The normalized spacial score (nSPS) is 15.3. The van der Waals surface area contributed by atoms with Crippen molar-refractivity contribution in [3.8, 4) is 11.1 Å². The van der Waals surface area contributed by atoms with E-state index in [1.54, 1.807) is 13.3 Å². The number of rotatable bonds is 3. The van der Waals surface area contributed by atoms with Gasteiger partial charge in [-0.15, -0.1) is 0 Å². The molecule has 1 N–H and O–H groups in total. The molecule has 2 aromatic carbocycles. The van der Waals surface area contributed by atoms with Crippen molar-refractivity contribution in [2.24, 2.45) is 4.99 Å². The molecule has 0 amide bonds. The first-order valence-electron chi connectivity index (χ1n) is 7.64. The quantitative estimate of drug-likeness (QED) is 0.797. The first-order valence-corrected chi connectivity index (χ1v) is 7.64. The van der Waals surface area contributed by atoms with E-state index in [0.717, 1.165) is 5.69 Å². The third-order valence-corrected chi connectivity index (χ3v) is 4.50. The molecule has 0 fully saturated rings. The zero-order chi connectivity index (χ0) is 15.7. The van der Waals surface area contributed by atoms with Crippen LogP contribution in [0.4, 0.5) is 5.69 Å². The average Bonchev–Trinajstić information content (AvgIpc) is 2.73. The summed E-state index contributed by atoms with van der Waals surface area (Å²) >= 11 is 0. The Balaban J connectivity index is 2.08. The van der Waals surface area contributed by atoms with Crippen LogP contribution in [0.3, 0.4) is 0 Å². The second-order valence-corrected chi connectivity index (χ2v) is 6.29. The van der Waals surface area contributed by atoms with Crippen LogP contribution in [-0.4, -0.2) is 13.3 Å². The molecule has 0 aromatic heterocycles. The third kappa shape index (κ3) is 2.25. The van der Waals surface area contributed by atoms with E-state index in [0.29, 0.717) is 0 Å². The molecule has 0 saturated carbocycles. The third-order valence-electron chi connectivity index (χ3n) is 4.50. The van der Waals surface area contributed by atoms with Gasteiger partial charge in [0.1, 0.15) is 0 Å². The lowest BCUT2D eigenvalue weighted by molar-refractivity contribution is 0.660. The molecule has 1 aliphatic carbocycles. The second kappa shape index (κ2) is 5.45. The molecule has 0 unspecified atom stereocenters. The van der Waals surface area contributed by atoms with E-state index in [-0.39, 0.29) is 5.41 Å². The van der Waals surface area contributed by atoms with Crippen LogP contribution in [0.15, 0.2) is 53.7 Å². The van der Waals surface area contributed by atoms with E-state index in [2.05, 4.69) is 67.5 Å². The molecule has 0 saturated heterocycles. The van der Waals surface area contributed by atoms with E-state index >= 15 is 0 Å². The summed E-state index contributed by atoms with van der Waals surface area (Å²) in [5, 5.41) is 3.36. The van der Waals surface area contributed by atoms with Gasteiger partial charge < -0.3 is 5.32 Å². The summed E-state index contributed by atoms with van der Waals surface area (Å²) in [4.78, 5) is 3.94. The number of aryl methyl sites for hydroxylation is 1. The van der Waals surface area contributed by atoms with Gasteiger partial charge in [-0.25, -0.2) is 0 Å². The number of aliphatic imine (C=N–C) groups is 1. The van der Waals surface area contributed by atoms with Gasteiger partial charge in [-0.05, 0) is 46.9 Å². The first kappa shape index (κ1) is 14.6. The summed E-state index contributed by atoms with van der Waals surface area (Å²) in [5.74, 6) is 0. The maximum Gasteiger partial charge on any atom is 0.0415 e.